The highest BCUT2D eigenvalue weighted by molar-refractivity contribution is 5.94. The molecule has 3 atom stereocenters. The Balaban J connectivity index is 0.938. The van der Waals surface area contributed by atoms with E-state index >= 15 is 0 Å². The number of benzene rings is 7. The number of fused-ring (bicyclic) bond motifs is 2. The fourth-order valence-electron chi connectivity index (χ4n) is 11.2. The van der Waals surface area contributed by atoms with E-state index in [1.54, 1.807) is 5.57 Å². The molecule has 0 heterocycles. The molecule has 3 aliphatic rings. The van der Waals surface area contributed by atoms with Gasteiger partial charge in [0.1, 0.15) is 0 Å². The first-order valence-corrected chi connectivity index (χ1v) is 23.0. The predicted molar refractivity (Wildman–Crippen MR) is 268 cm³/mol. The average molecular weight is 815 g/mol. The third kappa shape index (κ3) is 7.50. The number of rotatable bonds is 10. The smallest absolute Gasteiger partial charge is 0.0178 e. The minimum absolute atomic E-state index is 0.00321. The molecule has 0 heteroatoms. The molecule has 0 fully saturated rings. The summed E-state index contributed by atoms with van der Waals surface area (Å²) in [5.74, 6) is 0.514. The molecule has 3 unspecified atom stereocenters. The highest BCUT2D eigenvalue weighted by Crippen LogP contribution is 2.57. The highest BCUT2D eigenvalue weighted by Gasteiger charge is 2.43. The molecule has 0 saturated carbocycles. The summed E-state index contributed by atoms with van der Waals surface area (Å²) in [6, 6.07) is 70.0. The summed E-state index contributed by atoms with van der Waals surface area (Å²) in [5.41, 5.74) is 20.3. The van der Waals surface area contributed by atoms with E-state index in [0.29, 0.717) is 5.92 Å². The van der Waals surface area contributed by atoms with Crippen LogP contribution in [0.2, 0.25) is 0 Å². The van der Waals surface area contributed by atoms with E-state index < -0.39 is 0 Å². The molecule has 10 rings (SSSR count). The van der Waals surface area contributed by atoms with Crippen LogP contribution in [0, 0.1) is 0 Å². The van der Waals surface area contributed by atoms with Gasteiger partial charge in [0.25, 0.3) is 0 Å². The van der Waals surface area contributed by atoms with Crippen LogP contribution in [0.5, 0.6) is 0 Å². The molecule has 0 bridgehead atoms. The lowest BCUT2D eigenvalue weighted by Crippen LogP contribution is -2.30. The molecule has 63 heavy (non-hydrogen) atoms. The minimum Gasteiger partial charge on any atom is -0.0795 e. The predicted octanol–water partition coefficient (Wildman–Crippen LogP) is 16.6. The van der Waals surface area contributed by atoms with Gasteiger partial charge in [0.2, 0.25) is 0 Å². The summed E-state index contributed by atoms with van der Waals surface area (Å²) in [6.07, 6.45) is 13.0. The fraction of sp³-hybridized carbons (Fsp3) is 0.206. The van der Waals surface area contributed by atoms with Crippen molar-refractivity contribution in [3.8, 4) is 22.3 Å². The van der Waals surface area contributed by atoms with Crippen LogP contribution in [0.4, 0.5) is 0 Å². The summed E-state index contributed by atoms with van der Waals surface area (Å²) in [4.78, 5) is 0. The van der Waals surface area contributed by atoms with Gasteiger partial charge in [-0.05, 0) is 103 Å². The van der Waals surface area contributed by atoms with Crippen molar-refractivity contribution in [1.29, 1.82) is 0 Å². The zero-order chi connectivity index (χ0) is 43.2. The second-order valence-electron chi connectivity index (χ2n) is 19.5. The normalized spacial score (nSPS) is 18.9. The van der Waals surface area contributed by atoms with E-state index in [1.807, 2.05) is 0 Å². The Labute approximate surface area is 376 Å². The monoisotopic (exact) mass is 814 g/mol. The molecule has 0 saturated heterocycles. The zero-order valence-electron chi connectivity index (χ0n) is 37.5. The molecule has 7 aromatic carbocycles. The summed E-state index contributed by atoms with van der Waals surface area (Å²) >= 11 is 0. The van der Waals surface area contributed by atoms with Crippen molar-refractivity contribution in [2.45, 2.75) is 82.0 Å². The van der Waals surface area contributed by atoms with Gasteiger partial charge in [0, 0.05) is 28.1 Å². The van der Waals surface area contributed by atoms with E-state index in [-0.39, 0.29) is 22.2 Å². The lowest BCUT2D eigenvalue weighted by atomic mass is 9.64. The van der Waals surface area contributed by atoms with Crippen LogP contribution in [0.25, 0.3) is 33.4 Å². The molecule has 7 aromatic rings. The van der Waals surface area contributed by atoms with Gasteiger partial charge in [0.15, 0.2) is 0 Å². The number of hydrogen-bond donors (Lipinski definition) is 0. The van der Waals surface area contributed by atoms with Gasteiger partial charge in [-0.2, -0.15) is 0 Å². The van der Waals surface area contributed by atoms with Gasteiger partial charge in [-0.25, -0.2) is 0 Å². The molecular formula is C63H58. The van der Waals surface area contributed by atoms with Crippen molar-refractivity contribution in [2.24, 2.45) is 0 Å². The summed E-state index contributed by atoms with van der Waals surface area (Å²) in [7, 11) is 0. The van der Waals surface area contributed by atoms with E-state index in [4.69, 9.17) is 0 Å². The van der Waals surface area contributed by atoms with Crippen molar-refractivity contribution < 1.29 is 0 Å². The summed E-state index contributed by atoms with van der Waals surface area (Å²) < 4.78 is 0. The molecule has 0 aliphatic heterocycles. The Kier molecular flexibility index (Phi) is 10.5. The second-order valence-corrected chi connectivity index (χ2v) is 19.5. The largest absolute Gasteiger partial charge is 0.0795 e. The number of allylic oxidation sites excluding steroid dienone is 8. The maximum atomic E-state index is 2.51. The minimum atomic E-state index is -0.145. The SMILES string of the molecule is CC1(c2ccccc2)C=CC(C(c2ccccc2)C(C)(C)c2ccc(-c3ccc(C(C)(C)C4C5=C(C=C(c6ccccc6)CC5)c5cc(-c6ccccc6)ccc54)cc3)cc2)=CC1. The second kappa shape index (κ2) is 16.3. The molecule has 3 aliphatic carbocycles. The van der Waals surface area contributed by atoms with Gasteiger partial charge >= 0.3 is 0 Å². The Morgan fingerprint density at radius 2 is 1.08 bits per heavy atom. The first-order valence-electron chi connectivity index (χ1n) is 23.0. The zero-order valence-corrected chi connectivity index (χ0v) is 37.5. The fourth-order valence-corrected chi connectivity index (χ4v) is 11.2. The van der Waals surface area contributed by atoms with Crippen LogP contribution in [-0.2, 0) is 16.2 Å². The number of hydrogen-bond acceptors (Lipinski definition) is 0. The van der Waals surface area contributed by atoms with E-state index in [9.17, 15) is 0 Å². The quantitative estimate of drug-likeness (QED) is 0.129. The van der Waals surface area contributed by atoms with Gasteiger partial charge in [-0.15, -0.1) is 0 Å². The molecule has 0 N–H and O–H groups in total. The topological polar surface area (TPSA) is 0 Å². The van der Waals surface area contributed by atoms with Gasteiger partial charge < -0.3 is 0 Å². The summed E-state index contributed by atoms with van der Waals surface area (Å²) in [6.45, 7) is 12.1. The molecule has 310 valence electrons. The first-order chi connectivity index (χ1) is 30.6. The van der Waals surface area contributed by atoms with Crippen molar-refractivity contribution in [2.75, 3.05) is 0 Å². The lowest BCUT2D eigenvalue weighted by Gasteiger charge is -2.39. The van der Waals surface area contributed by atoms with Crippen molar-refractivity contribution in [3.05, 3.63) is 262 Å². The molecule has 0 aromatic heterocycles. The van der Waals surface area contributed by atoms with Crippen LogP contribution in [-0.4, -0.2) is 0 Å². The van der Waals surface area contributed by atoms with Crippen LogP contribution >= 0.6 is 0 Å². The third-order valence-corrected chi connectivity index (χ3v) is 14.9. The standard InChI is InChI=1S/C63H58/c1-61(2,59(48-22-14-8-15-23-48)49-38-40-63(5,41-39-49)54-24-16-9-17-25-54)52-32-26-46(27-33-52)47-28-34-53(35-29-47)62(3,4)60-55-36-30-50(44-18-10-6-11-19-44)42-57(55)58-43-51(31-37-56(58)60)45-20-12-7-13-21-45/h6-30,32-36,38-40,42-43,59-60H,31,37,41H2,1-5H3. The Hall–Kier alpha value is -6.50. The highest BCUT2D eigenvalue weighted by atomic mass is 14.5. The Morgan fingerprint density at radius 3 is 1.68 bits per heavy atom. The molecular weight excluding hydrogens is 757 g/mol. The van der Waals surface area contributed by atoms with Crippen LogP contribution in [0.1, 0.15) is 105 Å². The Morgan fingerprint density at radius 1 is 0.540 bits per heavy atom. The van der Waals surface area contributed by atoms with E-state index in [1.165, 1.54) is 77.9 Å². The van der Waals surface area contributed by atoms with Gasteiger partial charge in [-0.1, -0.05) is 246 Å². The third-order valence-electron chi connectivity index (χ3n) is 14.9. The van der Waals surface area contributed by atoms with E-state index in [2.05, 4.69) is 247 Å². The van der Waals surface area contributed by atoms with Crippen molar-refractivity contribution in [1.82, 2.24) is 0 Å². The average Bonchev–Trinajstić information content (AvgIpc) is 3.67. The van der Waals surface area contributed by atoms with Gasteiger partial charge in [0.05, 0.1) is 0 Å². The Bertz CT molecular complexity index is 2870. The van der Waals surface area contributed by atoms with Gasteiger partial charge in [-0.3, -0.25) is 0 Å². The maximum absolute atomic E-state index is 2.51. The van der Waals surface area contributed by atoms with Crippen LogP contribution in [0.15, 0.2) is 224 Å². The van der Waals surface area contributed by atoms with Crippen molar-refractivity contribution >= 4 is 11.1 Å². The van der Waals surface area contributed by atoms with Crippen molar-refractivity contribution in [3.63, 3.8) is 0 Å². The lowest BCUT2D eigenvalue weighted by molar-refractivity contribution is 0.450. The first kappa shape index (κ1) is 40.6. The molecule has 0 spiro atoms. The molecule has 0 radical (unpaired) electrons. The molecule has 0 amide bonds. The van der Waals surface area contributed by atoms with E-state index in [0.717, 1.165) is 19.3 Å². The molecule has 0 nitrogen and oxygen atoms in total. The van der Waals surface area contributed by atoms with Crippen LogP contribution < -0.4 is 0 Å². The summed E-state index contributed by atoms with van der Waals surface area (Å²) in [5, 5.41) is 0. The maximum Gasteiger partial charge on any atom is 0.0178 e. The van der Waals surface area contributed by atoms with Crippen LogP contribution in [0.3, 0.4) is 0 Å².